The van der Waals surface area contributed by atoms with Crippen LogP contribution in [0.1, 0.15) is 5.56 Å². The van der Waals surface area contributed by atoms with Gasteiger partial charge in [-0.2, -0.15) is 0 Å². The van der Waals surface area contributed by atoms with Gasteiger partial charge in [0.2, 0.25) is 0 Å². The fourth-order valence-corrected chi connectivity index (χ4v) is 2.86. The number of ether oxygens (including phenoxy) is 2. The number of hydrogen-bond donors (Lipinski definition) is 1. The number of methoxy groups -OCH3 is 1. The van der Waals surface area contributed by atoms with Gasteiger partial charge in [0.15, 0.2) is 6.61 Å². The maximum Gasteiger partial charge on any atom is 0.316 e. The molecule has 0 spiro atoms. The van der Waals surface area contributed by atoms with E-state index in [0.29, 0.717) is 13.0 Å². The molecule has 8 heteroatoms. The molecule has 0 aromatic heterocycles. The fraction of sp³-hybridized carbons (Fsp3) is 0.263. The van der Waals surface area contributed by atoms with E-state index < -0.39 is 30.1 Å². The van der Waals surface area contributed by atoms with Crippen LogP contribution in [0.15, 0.2) is 47.4 Å². The first-order valence-corrected chi connectivity index (χ1v) is 9.09. The molecule has 1 amide bonds. The number of thioether (sulfide) groups is 1. The Labute approximate surface area is 160 Å². The summed E-state index contributed by atoms with van der Waals surface area (Å²) in [6, 6.07) is 10.4. The standard InChI is InChI=1S/C19H19F2NO4S/c1-25-15-5-2-13(3-6-15)8-9-22-18(23)11-26-19(24)12-27-17-10-14(20)4-7-16(17)21/h2-7,10H,8-9,11-12H2,1H3,(H,22,23). The molecule has 144 valence electrons. The van der Waals surface area contributed by atoms with E-state index in [2.05, 4.69) is 5.32 Å². The topological polar surface area (TPSA) is 64.6 Å². The zero-order chi connectivity index (χ0) is 19.6. The maximum absolute atomic E-state index is 13.4. The van der Waals surface area contributed by atoms with Crippen molar-refractivity contribution in [2.75, 3.05) is 26.0 Å². The van der Waals surface area contributed by atoms with E-state index in [0.717, 1.165) is 41.3 Å². The highest BCUT2D eigenvalue weighted by molar-refractivity contribution is 8.00. The molecule has 1 N–H and O–H groups in total. The summed E-state index contributed by atoms with van der Waals surface area (Å²) in [7, 11) is 1.59. The predicted octanol–water partition coefficient (Wildman–Crippen LogP) is 2.97. The van der Waals surface area contributed by atoms with Crippen molar-refractivity contribution in [1.82, 2.24) is 5.32 Å². The van der Waals surface area contributed by atoms with Gasteiger partial charge in [-0.3, -0.25) is 9.59 Å². The minimum Gasteiger partial charge on any atom is -0.497 e. The van der Waals surface area contributed by atoms with Gasteiger partial charge >= 0.3 is 5.97 Å². The van der Waals surface area contributed by atoms with Gasteiger partial charge in [0, 0.05) is 11.4 Å². The summed E-state index contributed by atoms with van der Waals surface area (Å²) in [5.41, 5.74) is 1.03. The molecule has 0 saturated carbocycles. The molecule has 0 aliphatic heterocycles. The number of benzene rings is 2. The van der Waals surface area contributed by atoms with E-state index >= 15 is 0 Å². The average molecular weight is 395 g/mol. The van der Waals surface area contributed by atoms with Crippen LogP contribution < -0.4 is 10.1 Å². The van der Waals surface area contributed by atoms with Crippen LogP contribution in [0.4, 0.5) is 8.78 Å². The molecule has 0 bridgehead atoms. The SMILES string of the molecule is COc1ccc(CCNC(=O)COC(=O)CSc2cc(F)ccc2F)cc1. The minimum absolute atomic E-state index is 0.0101. The quantitative estimate of drug-likeness (QED) is 0.522. The summed E-state index contributed by atoms with van der Waals surface area (Å²) in [5.74, 6) is -1.80. The van der Waals surface area contributed by atoms with Crippen LogP contribution in [0.2, 0.25) is 0 Å². The molecular formula is C19H19F2NO4S. The summed E-state index contributed by atoms with van der Waals surface area (Å²) < 4.78 is 36.4. The number of amides is 1. The zero-order valence-corrected chi connectivity index (χ0v) is 15.5. The molecule has 2 aromatic rings. The highest BCUT2D eigenvalue weighted by Crippen LogP contribution is 2.22. The first kappa shape index (κ1) is 20.7. The Balaban J connectivity index is 1.64. The second-order valence-electron chi connectivity index (χ2n) is 5.47. The van der Waals surface area contributed by atoms with Crippen molar-refractivity contribution < 1.29 is 27.8 Å². The molecule has 0 fully saturated rings. The van der Waals surface area contributed by atoms with E-state index in [1.807, 2.05) is 24.3 Å². The molecule has 0 saturated heterocycles. The zero-order valence-electron chi connectivity index (χ0n) is 14.7. The van der Waals surface area contributed by atoms with Crippen LogP contribution in [-0.4, -0.2) is 37.9 Å². The number of esters is 1. The highest BCUT2D eigenvalue weighted by atomic mass is 32.2. The normalized spacial score (nSPS) is 10.3. The van der Waals surface area contributed by atoms with E-state index in [9.17, 15) is 18.4 Å². The van der Waals surface area contributed by atoms with E-state index in [1.165, 1.54) is 0 Å². The van der Waals surface area contributed by atoms with Gasteiger partial charge in [0.25, 0.3) is 5.91 Å². The van der Waals surface area contributed by atoms with E-state index in [-0.39, 0.29) is 10.6 Å². The molecule has 2 aromatic carbocycles. The molecule has 2 rings (SSSR count). The van der Waals surface area contributed by atoms with Gasteiger partial charge in [-0.1, -0.05) is 12.1 Å². The van der Waals surface area contributed by atoms with Crippen LogP contribution in [0.5, 0.6) is 5.75 Å². The van der Waals surface area contributed by atoms with Crippen LogP contribution in [-0.2, 0) is 20.7 Å². The molecule has 5 nitrogen and oxygen atoms in total. The maximum atomic E-state index is 13.4. The Hall–Kier alpha value is -2.61. The van der Waals surface area contributed by atoms with Crippen molar-refractivity contribution in [3.8, 4) is 5.75 Å². The first-order chi connectivity index (χ1) is 13.0. The van der Waals surface area contributed by atoms with Crippen molar-refractivity contribution in [3.05, 3.63) is 59.7 Å². The van der Waals surface area contributed by atoms with Crippen LogP contribution in [0.3, 0.4) is 0 Å². The number of nitrogens with one attached hydrogen (secondary N) is 1. The molecule has 27 heavy (non-hydrogen) atoms. The summed E-state index contributed by atoms with van der Waals surface area (Å²) in [6.07, 6.45) is 0.623. The number of carbonyl (C=O) groups is 2. The van der Waals surface area contributed by atoms with E-state index in [4.69, 9.17) is 9.47 Å². The Kier molecular flexibility index (Phi) is 8.06. The number of hydrogen-bond acceptors (Lipinski definition) is 5. The lowest BCUT2D eigenvalue weighted by Crippen LogP contribution is -2.30. The van der Waals surface area contributed by atoms with Crippen LogP contribution in [0.25, 0.3) is 0 Å². The molecular weight excluding hydrogens is 376 g/mol. The van der Waals surface area contributed by atoms with E-state index in [1.54, 1.807) is 7.11 Å². The second kappa shape index (κ2) is 10.5. The van der Waals surface area contributed by atoms with Gasteiger partial charge in [0.05, 0.1) is 12.9 Å². The molecule has 0 radical (unpaired) electrons. The third-order valence-electron chi connectivity index (χ3n) is 3.50. The van der Waals surface area contributed by atoms with Crippen molar-refractivity contribution in [2.45, 2.75) is 11.3 Å². The van der Waals surface area contributed by atoms with Gasteiger partial charge in [-0.05, 0) is 42.3 Å². The smallest absolute Gasteiger partial charge is 0.316 e. The van der Waals surface area contributed by atoms with Crippen LogP contribution in [0, 0.1) is 11.6 Å². The lowest BCUT2D eigenvalue weighted by atomic mass is 10.1. The highest BCUT2D eigenvalue weighted by Gasteiger charge is 2.11. The van der Waals surface area contributed by atoms with Crippen molar-refractivity contribution in [3.63, 3.8) is 0 Å². The minimum atomic E-state index is -0.686. The lowest BCUT2D eigenvalue weighted by molar-refractivity contribution is -0.145. The third kappa shape index (κ3) is 7.26. The summed E-state index contributed by atoms with van der Waals surface area (Å²) in [5, 5.41) is 2.64. The van der Waals surface area contributed by atoms with Gasteiger partial charge in [0.1, 0.15) is 17.4 Å². The molecule has 0 aliphatic rings. The molecule has 0 unspecified atom stereocenters. The van der Waals surface area contributed by atoms with Crippen molar-refractivity contribution in [1.29, 1.82) is 0 Å². The lowest BCUT2D eigenvalue weighted by Gasteiger charge is -2.07. The largest absolute Gasteiger partial charge is 0.497 e. The van der Waals surface area contributed by atoms with Crippen molar-refractivity contribution >= 4 is 23.6 Å². The molecule has 0 heterocycles. The first-order valence-electron chi connectivity index (χ1n) is 8.11. The Bertz CT molecular complexity index is 784. The number of halogens is 2. The van der Waals surface area contributed by atoms with Gasteiger partial charge in [-0.15, -0.1) is 11.8 Å². The number of carbonyl (C=O) groups excluding carboxylic acids is 2. The van der Waals surface area contributed by atoms with Crippen molar-refractivity contribution in [2.24, 2.45) is 0 Å². The molecule has 0 aliphatic carbocycles. The Morgan fingerprint density at radius 3 is 2.56 bits per heavy atom. The molecule has 0 atom stereocenters. The monoisotopic (exact) mass is 395 g/mol. The third-order valence-corrected chi connectivity index (χ3v) is 4.50. The van der Waals surface area contributed by atoms with Gasteiger partial charge in [-0.25, -0.2) is 8.78 Å². The Morgan fingerprint density at radius 1 is 1.11 bits per heavy atom. The predicted molar refractivity (Wildman–Crippen MR) is 97.7 cm³/mol. The van der Waals surface area contributed by atoms with Gasteiger partial charge < -0.3 is 14.8 Å². The average Bonchev–Trinajstić information content (AvgIpc) is 2.67. The summed E-state index contributed by atoms with van der Waals surface area (Å²) in [6.45, 7) is -0.0282. The second-order valence-corrected chi connectivity index (χ2v) is 6.49. The fourth-order valence-electron chi connectivity index (χ4n) is 2.10. The number of rotatable bonds is 9. The van der Waals surface area contributed by atoms with Crippen LogP contribution >= 0.6 is 11.8 Å². The Morgan fingerprint density at radius 2 is 1.85 bits per heavy atom. The summed E-state index contributed by atoms with van der Waals surface area (Å²) in [4.78, 5) is 23.3. The summed E-state index contributed by atoms with van der Waals surface area (Å²) >= 11 is 0.808.